The molecule has 41 heavy (non-hydrogen) atoms. The lowest BCUT2D eigenvalue weighted by molar-refractivity contribution is -0.394. The highest BCUT2D eigenvalue weighted by Gasteiger charge is 2.70. The Morgan fingerprint density at radius 2 is 1.71 bits per heavy atom. The molecule has 224 valence electrons. The standard InChI is InChI=1S/C23H34O5.C6H4N2O5/c1-21-7-5-15(24)10-14(21)3-4-17-18(21)11-19(25)22(2)16(6-8-23(17,22)27)13-9-20(26)28-12-13;9-6-2-1-4(7(10)11)3-5(6)8(12)13/h9,14-19,24-25,27H,3-8,10-12H2,1-2H3;1-3,9H/t14-,15+,16-,17-,18+,19-,21+,22+,23+;/m1./s1. The van der Waals surface area contributed by atoms with Crippen molar-refractivity contribution in [3.05, 3.63) is 50.1 Å². The van der Waals surface area contributed by atoms with Gasteiger partial charge in [0, 0.05) is 17.6 Å². The molecule has 0 bridgehead atoms. The Kier molecular flexibility index (Phi) is 7.40. The Hall–Kier alpha value is -3.09. The molecular weight excluding hydrogens is 536 g/mol. The summed E-state index contributed by atoms with van der Waals surface area (Å²) in [4.78, 5) is 30.4. The summed E-state index contributed by atoms with van der Waals surface area (Å²) in [5, 5.41) is 63.1. The van der Waals surface area contributed by atoms with E-state index < -0.39 is 44.1 Å². The van der Waals surface area contributed by atoms with Crippen LogP contribution < -0.4 is 0 Å². The third-order valence-corrected chi connectivity index (χ3v) is 11.4. The van der Waals surface area contributed by atoms with E-state index >= 15 is 0 Å². The van der Waals surface area contributed by atoms with Crippen LogP contribution in [-0.2, 0) is 9.53 Å². The predicted molar refractivity (Wildman–Crippen MR) is 145 cm³/mol. The average Bonchev–Trinajstić information content (AvgIpc) is 3.46. The molecule has 4 N–H and O–H groups in total. The van der Waals surface area contributed by atoms with Gasteiger partial charge in [-0.1, -0.05) is 13.8 Å². The summed E-state index contributed by atoms with van der Waals surface area (Å²) >= 11 is 0. The van der Waals surface area contributed by atoms with Gasteiger partial charge in [0.1, 0.15) is 6.61 Å². The molecule has 0 saturated heterocycles. The smallest absolute Gasteiger partial charge is 0.331 e. The second-order valence-electron chi connectivity index (χ2n) is 13.0. The van der Waals surface area contributed by atoms with Crippen LogP contribution in [-0.4, -0.2) is 60.7 Å². The Morgan fingerprint density at radius 1 is 0.976 bits per heavy atom. The first-order valence-corrected chi connectivity index (χ1v) is 14.3. The lowest BCUT2D eigenvalue weighted by Crippen LogP contribution is -2.67. The third kappa shape index (κ3) is 4.60. The van der Waals surface area contributed by atoms with Gasteiger partial charge in [-0.3, -0.25) is 20.2 Å². The number of carbonyl (C=O) groups is 1. The van der Waals surface area contributed by atoms with Gasteiger partial charge >= 0.3 is 11.7 Å². The lowest BCUT2D eigenvalue weighted by atomic mass is 9.42. The Balaban J connectivity index is 0.000000219. The first-order chi connectivity index (χ1) is 19.2. The van der Waals surface area contributed by atoms with Gasteiger partial charge in [-0.25, -0.2) is 4.79 Å². The number of nitro benzene ring substituents is 2. The number of hydrogen-bond acceptors (Lipinski definition) is 10. The average molecular weight is 575 g/mol. The van der Waals surface area contributed by atoms with Crippen molar-refractivity contribution in [2.45, 2.75) is 83.0 Å². The molecule has 1 heterocycles. The quantitative estimate of drug-likeness (QED) is 0.234. The number of aliphatic hydroxyl groups is 3. The van der Waals surface area contributed by atoms with E-state index in [0.717, 1.165) is 56.2 Å². The monoisotopic (exact) mass is 574 g/mol. The number of nitrogens with zero attached hydrogens (tertiary/aromatic N) is 2. The van der Waals surface area contributed by atoms with Crippen LogP contribution in [0.25, 0.3) is 0 Å². The van der Waals surface area contributed by atoms with Crippen molar-refractivity contribution < 1.29 is 39.8 Å². The van der Waals surface area contributed by atoms with E-state index in [1.807, 2.05) is 6.92 Å². The Morgan fingerprint density at radius 3 is 2.34 bits per heavy atom. The maximum Gasteiger partial charge on any atom is 0.331 e. The molecular formula is C29H38N2O10. The summed E-state index contributed by atoms with van der Waals surface area (Å²) in [5.41, 5.74) is -1.61. The number of aliphatic hydroxyl groups excluding tert-OH is 2. The summed E-state index contributed by atoms with van der Waals surface area (Å²) in [5.74, 6) is 0.0701. The second-order valence-corrected chi connectivity index (χ2v) is 13.0. The number of fused-ring (bicyclic) bond motifs is 5. The van der Waals surface area contributed by atoms with E-state index in [9.17, 15) is 40.3 Å². The first-order valence-electron chi connectivity index (χ1n) is 14.3. The van der Waals surface area contributed by atoms with Crippen molar-refractivity contribution in [3.63, 3.8) is 0 Å². The topological polar surface area (TPSA) is 193 Å². The molecule has 4 fully saturated rings. The fraction of sp³-hybridized carbons (Fsp3) is 0.690. The molecule has 1 aromatic rings. The van der Waals surface area contributed by atoms with E-state index in [4.69, 9.17) is 9.84 Å². The molecule has 0 amide bonds. The molecule has 5 aliphatic rings. The third-order valence-electron chi connectivity index (χ3n) is 11.4. The SMILES string of the molecule is C[C@]12CC[C@H](O)C[C@H]1CC[C@@H]1[C@@H]2C[C@@H](O)[C@]2(C)[C@@H](C3=CC(=O)OC3)CC[C@]12O.O=[N+]([O-])c1ccc(O)c([N+](=O)[O-])c1. The van der Waals surface area contributed by atoms with Gasteiger partial charge < -0.3 is 25.2 Å². The first kappa shape index (κ1) is 29.4. The second kappa shape index (κ2) is 10.3. The highest BCUT2D eigenvalue weighted by molar-refractivity contribution is 5.85. The van der Waals surface area contributed by atoms with Crippen molar-refractivity contribution in [1.82, 2.24) is 0 Å². The fourth-order valence-corrected chi connectivity index (χ4v) is 9.14. The molecule has 4 saturated carbocycles. The molecule has 12 nitrogen and oxygen atoms in total. The number of rotatable bonds is 3. The van der Waals surface area contributed by atoms with Crippen LogP contribution >= 0.6 is 0 Å². The highest BCUT2D eigenvalue weighted by Crippen LogP contribution is 2.69. The van der Waals surface area contributed by atoms with Crippen molar-refractivity contribution in [3.8, 4) is 5.75 Å². The van der Waals surface area contributed by atoms with E-state index in [1.54, 1.807) is 6.08 Å². The van der Waals surface area contributed by atoms with Crippen LogP contribution in [0.4, 0.5) is 11.4 Å². The predicted octanol–water partition coefficient (Wildman–Crippen LogP) is 3.78. The minimum Gasteiger partial charge on any atom is -0.502 e. The van der Waals surface area contributed by atoms with Crippen LogP contribution in [0.2, 0.25) is 0 Å². The maximum absolute atomic E-state index is 12.1. The lowest BCUT2D eigenvalue weighted by Gasteiger charge is -2.64. The van der Waals surface area contributed by atoms with E-state index in [1.165, 1.54) is 0 Å². The molecule has 9 atom stereocenters. The van der Waals surface area contributed by atoms with E-state index in [-0.39, 0.29) is 29.3 Å². The number of nitro groups is 2. The van der Waals surface area contributed by atoms with Crippen molar-refractivity contribution >= 4 is 17.3 Å². The number of hydrogen-bond donors (Lipinski definition) is 4. The van der Waals surface area contributed by atoms with Gasteiger partial charge in [0.05, 0.1) is 33.7 Å². The number of carbonyl (C=O) groups excluding carboxylic acids is 1. The molecule has 6 rings (SSSR count). The number of aromatic hydroxyl groups is 1. The summed E-state index contributed by atoms with van der Waals surface area (Å²) < 4.78 is 5.16. The number of phenolic OH excluding ortho intramolecular Hbond substituents is 1. The number of esters is 1. The fourth-order valence-electron chi connectivity index (χ4n) is 9.14. The van der Waals surface area contributed by atoms with Crippen LogP contribution in [0.15, 0.2) is 29.8 Å². The Bertz CT molecular complexity index is 1280. The van der Waals surface area contributed by atoms with Crippen molar-refractivity contribution in [1.29, 1.82) is 0 Å². The Labute approximate surface area is 237 Å². The molecule has 0 aromatic heterocycles. The normalized spacial score (nSPS) is 41.1. The maximum atomic E-state index is 12.1. The number of phenols is 1. The zero-order chi connectivity index (χ0) is 29.9. The van der Waals surface area contributed by atoms with Gasteiger partial charge in [-0.15, -0.1) is 0 Å². The zero-order valence-electron chi connectivity index (χ0n) is 23.3. The number of non-ortho nitro benzene ring substituents is 1. The minimum absolute atomic E-state index is 0.00129. The van der Waals surface area contributed by atoms with E-state index in [2.05, 4.69) is 6.92 Å². The number of benzene rings is 1. The highest BCUT2D eigenvalue weighted by atomic mass is 16.6. The molecule has 4 aliphatic carbocycles. The molecule has 12 heteroatoms. The van der Waals surface area contributed by atoms with Crippen LogP contribution in [0.3, 0.4) is 0 Å². The number of cyclic esters (lactones) is 1. The van der Waals surface area contributed by atoms with Gasteiger partial charge in [0.2, 0.25) is 0 Å². The van der Waals surface area contributed by atoms with Gasteiger partial charge in [0.25, 0.3) is 5.69 Å². The zero-order valence-corrected chi connectivity index (χ0v) is 23.3. The molecule has 0 unspecified atom stereocenters. The van der Waals surface area contributed by atoms with Gasteiger partial charge in [-0.05, 0) is 92.1 Å². The summed E-state index contributed by atoms with van der Waals surface area (Å²) in [6.45, 7) is 4.69. The van der Waals surface area contributed by atoms with Crippen molar-refractivity contribution in [2.75, 3.05) is 6.61 Å². The largest absolute Gasteiger partial charge is 0.502 e. The molecule has 0 spiro atoms. The van der Waals surface area contributed by atoms with Crippen molar-refractivity contribution in [2.24, 2.45) is 34.5 Å². The van der Waals surface area contributed by atoms with Crippen LogP contribution in [0, 0.1) is 54.7 Å². The number of ether oxygens (including phenoxy) is 1. The summed E-state index contributed by atoms with van der Waals surface area (Å²) in [6.07, 6.45) is 7.69. The molecule has 1 aromatic carbocycles. The van der Waals surface area contributed by atoms with Crippen LogP contribution in [0.5, 0.6) is 5.75 Å². The van der Waals surface area contributed by atoms with Crippen LogP contribution in [0.1, 0.15) is 65.2 Å². The molecule has 1 aliphatic heterocycles. The summed E-state index contributed by atoms with van der Waals surface area (Å²) in [7, 11) is 0. The summed E-state index contributed by atoms with van der Waals surface area (Å²) in [6, 6.07) is 2.61. The van der Waals surface area contributed by atoms with Gasteiger partial charge in [-0.2, -0.15) is 0 Å². The molecule has 0 radical (unpaired) electrons. The van der Waals surface area contributed by atoms with Gasteiger partial charge in [0.15, 0.2) is 5.75 Å². The minimum atomic E-state index is -0.906. The van der Waals surface area contributed by atoms with E-state index in [0.29, 0.717) is 37.4 Å².